The molecule has 1 aliphatic heterocycles. The number of anilines is 1. The Morgan fingerprint density at radius 1 is 1.18 bits per heavy atom. The minimum absolute atomic E-state index is 0.727. The van der Waals surface area contributed by atoms with E-state index in [0.29, 0.717) is 0 Å². The molecule has 1 N–H and O–H groups in total. The Morgan fingerprint density at radius 3 is 2.88 bits per heavy atom. The van der Waals surface area contributed by atoms with E-state index in [4.69, 9.17) is 0 Å². The van der Waals surface area contributed by atoms with Gasteiger partial charge < -0.3 is 10.2 Å². The van der Waals surface area contributed by atoms with Crippen LogP contribution in [0.15, 0.2) is 18.2 Å². The highest BCUT2D eigenvalue weighted by molar-refractivity contribution is 5.52. The van der Waals surface area contributed by atoms with E-state index in [-0.39, 0.29) is 0 Å². The van der Waals surface area contributed by atoms with Crippen LogP contribution in [0.25, 0.3) is 0 Å². The van der Waals surface area contributed by atoms with Crippen LogP contribution in [0.1, 0.15) is 30.4 Å². The van der Waals surface area contributed by atoms with Gasteiger partial charge in [0.2, 0.25) is 0 Å². The highest BCUT2D eigenvalue weighted by atomic mass is 15.2. The van der Waals surface area contributed by atoms with Crippen LogP contribution in [0.5, 0.6) is 0 Å². The van der Waals surface area contributed by atoms with Crippen molar-refractivity contribution in [2.24, 2.45) is 0 Å². The third kappa shape index (κ3) is 1.95. The van der Waals surface area contributed by atoms with Crippen molar-refractivity contribution in [1.29, 1.82) is 0 Å². The van der Waals surface area contributed by atoms with E-state index >= 15 is 0 Å². The van der Waals surface area contributed by atoms with Gasteiger partial charge in [-0.3, -0.25) is 0 Å². The molecule has 2 heteroatoms. The maximum Gasteiger partial charge on any atom is 0.0443 e. The molecule has 1 saturated carbocycles. The molecule has 17 heavy (non-hydrogen) atoms. The first-order chi connectivity index (χ1) is 8.25. The average molecular weight is 230 g/mol. The van der Waals surface area contributed by atoms with Crippen molar-refractivity contribution in [1.82, 2.24) is 5.32 Å². The van der Waals surface area contributed by atoms with E-state index in [1.165, 1.54) is 36.1 Å². The van der Waals surface area contributed by atoms with Gasteiger partial charge in [0, 0.05) is 30.9 Å². The van der Waals surface area contributed by atoms with Gasteiger partial charge in [0.25, 0.3) is 0 Å². The van der Waals surface area contributed by atoms with Gasteiger partial charge in [0.1, 0.15) is 0 Å². The second kappa shape index (κ2) is 4.34. The van der Waals surface area contributed by atoms with Crippen LogP contribution in [0, 0.1) is 13.8 Å². The number of fused-ring (bicyclic) bond motifs is 1. The number of benzene rings is 1. The lowest BCUT2D eigenvalue weighted by molar-refractivity contribution is 0.404. The van der Waals surface area contributed by atoms with Crippen molar-refractivity contribution in [3.8, 4) is 0 Å². The summed E-state index contributed by atoms with van der Waals surface area (Å²) in [5.74, 6) is 0. The molecule has 0 bridgehead atoms. The summed E-state index contributed by atoms with van der Waals surface area (Å²) >= 11 is 0. The molecule has 2 aliphatic rings. The van der Waals surface area contributed by atoms with Crippen LogP contribution in [0.3, 0.4) is 0 Å². The third-order valence-electron chi connectivity index (χ3n) is 4.46. The van der Waals surface area contributed by atoms with Gasteiger partial charge in [0.15, 0.2) is 0 Å². The Bertz CT molecular complexity index is 413. The average Bonchev–Trinajstić information content (AvgIpc) is 2.80. The van der Waals surface area contributed by atoms with E-state index < -0.39 is 0 Å². The van der Waals surface area contributed by atoms with Gasteiger partial charge in [-0.25, -0.2) is 0 Å². The van der Waals surface area contributed by atoms with Crippen LogP contribution >= 0.6 is 0 Å². The summed E-state index contributed by atoms with van der Waals surface area (Å²) in [6.45, 7) is 6.69. The fraction of sp³-hybridized carbons (Fsp3) is 0.600. The van der Waals surface area contributed by atoms with Gasteiger partial charge in [-0.15, -0.1) is 0 Å². The van der Waals surface area contributed by atoms with Crippen LogP contribution < -0.4 is 10.2 Å². The Hall–Kier alpha value is -1.02. The van der Waals surface area contributed by atoms with Gasteiger partial charge >= 0.3 is 0 Å². The molecule has 1 saturated heterocycles. The van der Waals surface area contributed by atoms with Crippen LogP contribution in [-0.4, -0.2) is 25.2 Å². The zero-order valence-corrected chi connectivity index (χ0v) is 10.9. The first-order valence-corrected chi connectivity index (χ1v) is 6.83. The molecule has 2 fully saturated rings. The standard InChI is InChI=1S/C15H22N2/c1-11-6-7-13(10-12(11)2)17-9-8-16-14-4-3-5-15(14)17/h6-7,10,14-16H,3-5,8-9H2,1-2H3/t14-,15-/m1/s1. The number of hydrogen-bond acceptors (Lipinski definition) is 2. The van der Waals surface area contributed by atoms with Crippen LogP contribution in [-0.2, 0) is 0 Å². The van der Waals surface area contributed by atoms with Gasteiger partial charge in [-0.2, -0.15) is 0 Å². The fourth-order valence-electron chi connectivity index (χ4n) is 3.31. The van der Waals surface area contributed by atoms with Crippen LogP contribution in [0.4, 0.5) is 5.69 Å². The summed E-state index contributed by atoms with van der Waals surface area (Å²) in [5, 5.41) is 3.67. The van der Waals surface area contributed by atoms with Crippen molar-refractivity contribution in [2.45, 2.75) is 45.2 Å². The molecule has 2 atom stereocenters. The summed E-state index contributed by atoms with van der Waals surface area (Å²) in [5.41, 5.74) is 4.23. The first-order valence-electron chi connectivity index (χ1n) is 6.83. The first kappa shape index (κ1) is 11.1. The molecule has 3 rings (SSSR count). The number of nitrogens with one attached hydrogen (secondary N) is 1. The van der Waals surface area contributed by atoms with Crippen molar-refractivity contribution in [3.05, 3.63) is 29.3 Å². The van der Waals surface area contributed by atoms with Crippen molar-refractivity contribution >= 4 is 5.69 Å². The van der Waals surface area contributed by atoms with Crippen molar-refractivity contribution in [2.75, 3.05) is 18.0 Å². The highest BCUT2D eigenvalue weighted by Gasteiger charge is 2.34. The molecular weight excluding hydrogens is 208 g/mol. The summed E-state index contributed by atoms with van der Waals surface area (Å²) in [6, 6.07) is 8.37. The normalized spacial score (nSPS) is 28.2. The molecule has 1 aromatic carbocycles. The molecule has 0 unspecified atom stereocenters. The zero-order chi connectivity index (χ0) is 11.8. The van der Waals surface area contributed by atoms with E-state index in [9.17, 15) is 0 Å². The molecule has 0 radical (unpaired) electrons. The monoisotopic (exact) mass is 230 g/mol. The van der Waals surface area contributed by atoms with Crippen molar-refractivity contribution < 1.29 is 0 Å². The number of aryl methyl sites for hydroxylation is 2. The molecule has 0 amide bonds. The van der Waals surface area contributed by atoms with E-state index in [1.807, 2.05) is 0 Å². The molecule has 0 spiro atoms. The zero-order valence-electron chi connectivity index (χ0n) is 10.9. The summed E-state index contributed by atoms with van der Waals surface area (Å²) in [6.07, 6.45) is 4.08. The highest BCUT2D eigenvalue weighted by Crippen LogP contribution is 2.31. The van der Waals surface area contributed by atoms with E-state index in [0.717, 1.165) is 25.2 Å². The Morgan fingerprint density at radius 2 is 2.06 bits per heavy atom. The summed E-state index contributed by atoms with van der Waals surface area (Å²) < 4.78 is 0. The number of hydrogen-bond donors (Lipinski definition) is 1. The molecule has 1 aliphatic carbocycles. The minimum atomic E-state index is 0.727. The second-order valence-electron chi connectivity index (χ2n) is 5.52. The maximum absolute atomic E-state index is 3.67. The lowest BCUT2D eigenvalue weighted by Gasteiger charge is -2.40. The SMILES string of the molecule is Cc1ccc(N2CCN[C@@H]3CCC[C@H]32)cc1C. The predicted octanol–water partition coefficient (Wildman–Crippen LogP) is 2.63. The minimum Gasteiger partial charge on any atom is -0.366 e. The van der Waals surface area contributed by atoms with Crippen molar-refractivity contribution in [3.63, 3.8) is 0 Å². The largest absolute Gasteiger partial charge is 0.366 e. The summed E-state index contributed by atoms with van der Waals surface area (Å²) in [7, 11) is 0. The van der Waals surface area contributed by atoms with E-state index in [2.05, 4.69) is 42.3 Å². The lowest BCUT2D eigenvalue weighted by atomic mass is 10.0. The topological polar surface area (TPSA) is 15.3 Å². The number of piperazine rings is 1. The lowest BCUT2D eigenvalue weighted by Crippen LogP contribution is -2.55. The second-order valence-corrected chi connectivity index (χ2v) is 5.52. The molecule has 1 aromatic rings. The van der Waals surface area contributed by atoms with E-state index in [1.54, 1.807) is 0 Å². The third-order valence-corrected chi connectivity index (χ3v) is 4.46. The van der Waals surface area contributed by atoms with Gasteiger partial charge in [-0.05, 0) is 56.4 Å². The molecule has 2 nitrogen and oxygen atoms in total. The summed E-state index contributed by atoms with van der Waals surface area (Å²) in [4.78, 5) is 2.63. The Kier molecular flexibility index (Phi) is 2.83. The fourth-order valence-corrected chi connectivity index (χ4v) is 3.31. The number of rotatable bonds is 1. The molecule has 0 aromatic heterocycles. The Balaban J connectivity index is 1.89. The van der Waals surface area contributed by atoms with Crippen LogP contribution in [0.2, 0.25) is 0 Å². The van der Waals surface area contributed by atoms with Gasteiger partial charge in [-0.1, -0.05) is 6.07 Å². The molecular formula is C15H22N2. The molecule has 1 heterocycles. The smallest absolute Gasteiger partial charge is 0.0443 e. The quantitative estimate of drug-likeness (QED) is 0.798. The predicted molar refractivity (Wildman–Crippen MR) is 72.7 cm³/mol. The number of nitrogens with zero attached hydrogens (tertiary/aromatic N) is 1. The van der Waals surface area contributed by atoms with Gasteiger partial charge in [0.05, 0.1) is 0 Å². The Labute approximate surface area is 104 Å². The molecule has 92 valence electrons. The maximum atomic E-state index is 3.67.